The number of aryl methyl sites for hydroxylation is 1. The largest absolute Gasteiger partial charge is 0.465 e. The summed E-state index contributed by atoms with van der Waals surface area (Å²) in [6.45, 7) is 2.57. The van der Waals surface area contributed by atoms with Crippen LogP contribution in [0, 0.1) is 0 Å². The van der Waals surface area contributed by atoms with E-state index in [0.717, 1.165) is 12.1 Å². The lowest BCUT2D eigenvalue weighted by atomic mass is 10.1. The highest BCUT2D eigenvalue weighted by Gasteiger charge is 2.13. The monoisotopic (exact) mass is 265 g/mol. The van der Waals surface area contributed by atoms with Crippen LogP contribution in [0.25, 0.3) is 0 Å². The molecular formula is C14H19NO2S. The van der Waals surface area contributed by atoms with E-state index in [4.69, 9.17) is 4.74 Å². The molecule has 0 aromatic heterocycles. The predicted molar refractivity (Wildman–Crippen MR) is 75.4 cm³/mol. The number of thioether (sulfide) groups is 1. The van der Waals surface area contributed by atoms with Gasteiger partial charge in [-0.3, -0.25) is 4.79 Å². The second-order valence-electron chi connectivity index (χ2n) is 4.41. The van der Waals surface area contributed by atoms with Crippen LogP contribution in [0.2, 0.25) is 0 Å². The van der Waals surface area contributed by atoms with Crippen LogP contribution in [0.5, 0.6) is 0 Å². The van der Waals surface area contributed by atoms with Crippen molar-refractivity contribution < 1.29 is 9.53 Å². The van der Waals surface area contributed by atoms with Gasteiger partial charge in [0.2, 0.25) is 0 Å². The normalized spacial score (nSPS) is 13.9. The van der Waals surface area contributed by atoms with Crippen LogP contribution in [-0.4, -0.2) is 31.9 Å². The van der Waals surface area contributed by atoms with Crippen LogP contribution in [0.15, 0.2) is 23.1 Å². The summed E-state index contributed by atoms with van der Waals surface area (Å²) in [5.41, 5.74) is 2.49. The Kier molecular flexibility index (Phi) is 4.53. The van der Waals surface area contributed by atoms with Crippen LogP contribution in [0.4, 0.5) is 5.69 Å². The first-order valence-corrected chi connectivity index (χ1v) is 7.31. The highest BCUT2D eigenvalue weighted by molar-refractivity contribution is 7.99. The van der Waals surface area contributed by atoms with Crippen LogP contribution in [0.3, 0.4) is 0 Å². The number of esters is 1. The fourth-order valence-electron chi connectivity index (χ4n) is 2.08. The molecule has 0 amide bonds. The Hall–Kier alpha value is -1.16. The number of carbonyl (C=O) groups excluding carboxylic acids is 1. The Labute approximate surface area is 113 Å². The molecule has 0 N–H and O–H groups in total. The summed E-state index contributed by atoms with van der Waals surface area (Å²) in [5.74, 6) is 1.04. The highest BCUT2D eigenvalue weighted by atomic mass is 32.2. The zero-order valence-corrected chi connectivity index (χ0v) is 11.8. The maximum atomic E-state index is 11.4. The van der Waals surface area contributed by atoms with Gasteiger partial charge in [-0.1, -0.05) is 0 Å². The van der Waals surface area contributed by atoms with Crippen molar-refractivity contribution in [2.75, 3.05) is 30.9 Å². The second-order valence-corrected chi connectivity index (χ2v) is 5.54. The lowest BCUT2D eigenvalue weighted by molar-refractivity contribution is -0.141. The molecule has 1 aliphatic heterocycles. The van der Waals surface area contributed by atoms with E-state index in [-0.39, 0.29) is 5.97 Å². The number of fused-ring (bicyclic) bond motifs is 1. The Balaban J connectivity index is 2.06. The third-order valence-corrected chi connectivity index (χ3v) is 4.21. The summed E-state index contributed by atoms with van der Waals surface area (Å²) in [6.07, 6.45) is 2.38. The minimum Gasteiger partial charge on any atom is -0.465 e. The number of benzene rings is 1. The van der Waals surface area contributed by atoms with Crippen LogP contribution in [0.1, 0.15) is 18.9 Å². The van der Waals surface area contributed by atoms with Gasteiger partial charge in [-0.05, 0) is 49.3 Å². The Bertz CT molecular complexity index is 434. The summed E-state index contributed by atoms with van der Waals surface area (Å²) in [5, 5.41) is 0. The molecule has 0 fully saturated rings. The number of hydrogen-bond acceptors (Lipinski definition) is 4. The summed E-state index contributed by atoms with van der Waals surface area (Å²) >= 11 is 1.92. The molecule has 2 rings (SSSR count). The highest BCUT2D eigenvalue weighted by Crippen LogP contribution is 2.32. The van der Waals surface area contributed by atoms with Crippen molar-refractivity contribution in [2.45, 2.75) is 24.7 Å². The van der Waals surface area contributed by atoms with Gasteiger partial charge < -0.3 is 9.64 Å². The molecule has 1 aromatic carbocycles. The molecule has 1 aromatic rings. The van der Waals surface area contributed by atoms with Crippen molar-refractivity contribution in [3.63, 3.8) is 0 Å². The van der Waals surface area contributed by atoms with Gasteiger partial charge in [-0.15, -0.1) is 11.8 Å². The lowest BCUT2D eigenvalue weighted by Crippen LogP contribution is -2.27. The zero-order valence-electron chi connectivity index (χ0n) is 10.9. The van der Waals surface area contributed by atoms with Crippen LogP contribution >= 0.6 is 11.8 Å². The average Bonchev–Trinajstić information content (AvgIpc) is 2.38. The van der Waals surface area contributed by atoms with Crippen LogP contribution < -0.4 is 4.90 Å². The molecule has 0 atom stereocenters. The minimum absolute atomic E-state index is 0.174. The molecule has 1 heterocycles. The summed E-state index contributed by atoms with van der Waals surface area (Å²) in [6, 6.07) is 6.44. The van der Waals surface area contributed by atoms with Gasteiger partial charge in [0.15, 0.2) is 0 Å². The molecule has 0 radical (unpaired) electrons. The van der Waals surface area contributed by atoms with E-state index >= 15 is 0 Å². The summed E-state index contributed by atoms with van der Waals surface area (Å²) < 4.78 is 4.96. The topological polar surface area (TPSA) is 29.5 Å². The van der Waals surface area contributed by atoms with E-state index in [2.05, 4.69) is 18.2 Å². The predicted octanol–water partition coefficient (Wildman–Crippen LogP) is 2.72. The van der Waals surface area contributed by atoms with Gasteiger partial charge in [-0.25, -0.2) is 0 Å². The van der Waals surface area contributed by atoms with E-state index in [1.807, 2.05) is 30.6 Å². The maximum Gasteiger partial charge on any atom is 0.325 e. The molecule has 0 spiro atoms. The van der Waals surface area contributed by atoms with Crippen molar-refractivity contribution in [3.05, 3.63) is 23.8 Å². The molecule has 0 saturated heterocycles. The van der Waals surface area contributed by atoms with Gasteiger partial charge in [0.1, 0.15) is 6.54 Å². The van der Waals surface area contributed by atoms with Crippen molar-refractivity contribution in [1.82, 2.24) is 0 Å². The first-order valence-electron chi connectivity index (χ1n) is 6.33. The SMILES string of the molecule is CCOC(=O)CN(C)c1ccc2c(c1)CCCS2. The van der Waals surface area contributed by atoms with Crippen molar-refractivity contribution in [2.24, 2.45) is 0 Å². The Morgan fingerprint density at radius 1 is 1.50 bits per heavy atom. The third-order valence-electron chi connectivity index (χ3n) is 3.00. The van der Waals surface area contributed by atoms with Gasteiger partial charge in [0, 0.05) is 17.6 Å². The minimum atomic E-state index is -0.174. The van der Waals surface area contributed by atoms with E-state index < -0.39 is 0 Å². The molecule has 1 aliphatic rings. The Morgan fingerprint density at radius 3 is 3.11 bits per heavy atom. The molecule has 3 nitrogen and oxygen atoms in total. The lowest BCUT2D eigenvalue weighted by Gasteiger charge is -2.22. The van der Waals surface area contributed by atoms with E-state index in [0.29, 0.717) is 13.2 Å². The van der Waals surface area contributed by atoms with Gasteiger partial charge in [0.05, 0.1) is 6.61 Å². The maximum absolute atomic E-state index is 11.4. The number of carbonyl (C=O) groups is 1. The molecule has 4 heteroatoms. The van der Waals surface area contributed by atoms with Gasteiger partial charge >= 0.3 is 5.97 Å². The molecule has 0 bridgehead atoms. The number of hydrogen-bond donors (Lipinski definition) is 0. The molecule has 18 heavy (non-hydrogen) atoms. The fourth-order valence-corrected chi connectivity index (χ4v) is 3.10. The quantitative estimate of drug-likeness (QED) is 0.783. The summed E-state index contributed by atoms with van der Waals surface area (Å²) in [4.78, 5) is 14.8. The first-order chi connectivity index (χ1) is 8.70. The number of rotatable bonds is 4. The van der Waals surface area contributed by atoms with Gasteiger partial charge in [0.25, 0.3) is 0 Å². The molecule has 98 valence electrons. The molecule has 0 unspecified atom stereocenters. The second kappa shape index (κ2) is 6.14. The molecular weight excluding hydrogens is 246 g/mol. The van der Waals surface area contributed by atoms with E-state index in [9.17, 15) is 4.79 Å². The number of anilines is 1. The fraction of sp³-hybridized carbons (Fsp3) is 0.500. The van der Waals surface area contributed by atoms with E-state index in [1.54, 1.807) is 0 Å². The third kappa shape index (κ3) is 3.19. The summed E-state index contributed by atoms with van der Waals surface area (Å²) in [7, 11) is 1.93. The molecule has 0 saturated carbocycles. The van der Waals surface area contributed by atoms with Gasteiger partial charge in [-0.2, -0.15) is 0 Å². The van der Waals surface area contributed by atoms with Crippen molar-refractivity contribution >= 4 is 23.4 Å². The van der Waals surface area contributed by atoms with Crippen LogP contribution in [-0.2, 0) is 16.0 Å². The van der Waals surface area contributed by atoms with Crippen molar-refractivity contribution in [3.8, 4) is 0 Å². The zero-order chi connectivity index (χ0) is 13.0. The number of nitrogens with zero attached hydrogens (tertiary/aromatic N) is 1. The number of likely N-dealkylation sites (N-methyl/N-ethyl adjacent to an activating group) is 1. The Morgan fingerprint density at radius 2 is 2.33 bits per heavy atom. The number of ether oxygens (including phenoxy) is 1. The van der Waals surface area contributed by atoms with Crippen molar-refractivity contribution in [1.29, 1.82) is 0 Å². The standard InChI is InChI=1S/C14H19NO2S/c1-3-17-14(16)10-15(2)12-6-7-13-11(9-12)5-4-8-18-13/h6-7,9H,3-5,8,10H2,1-2H3. The average molecular weight is 265 g/mol. The van der Waals surface area contributed by atoms with E-state index in [1.165, 1.54) is 22.6 Å². The first kappa shape index (κ1) is 13.3. The smallest absolute Gasteiger partial charge is 0.325 e. The molecule has 0 aliphatic carbocycles.